The number of likely N-dealkylation sites (tertiary alicyclic amines) is 1. The highest BCUT2D eigenvalue weighted by atomic mass is 16.5. The van der Waals surface area contributed by atoms with Crippen molar-refractivity contribution < 1.29 is 19.1 Å². The van der Waals surface area contributed by atoms with Crippen LogP contribution in [0.4, 0.5) is 0 Å². The third-order valence-electron chi connectivity index (χ3n) is 5.88. The van der Waals surface area contributed by atoms with Crippen molar-refractivity contribution in [3.8, 4) is 0 Å². The van der Waals surface area contributed by atoms with Gasteiger partial charge in [-0.3, -0.25) is 9.59 Å². The third kappa shape index (κ3) is 4.92. The van der Waals surface area contributed by atoms with E-state index in [0.717, 1.165) is 62.9 Å². The molecule has 1 atom stereocenters. The molecule has 1 unspecified atom stereocenters. The van der Waals surface area contributed by atoms with E-state index in [1.165, 1.54) is 0 Å². The van der Waals surface area contributed by atoms with E-state index >= 15 is 0 Å². The molecule has 0 spiro atoms. The molecule has 6 nitrogen and oxygen atoms in total. The first-order chi connectivity index (χ1) is 13.7. The largest absolute Gasteiger partial charge is 0.381 e. The number of carbonyl (C=O) groups is 2. The topological polar surface area (TPSA) is 67.9 Å². The van der Waals surface area contributed by atoms with Crippen molar-refractivity contribution in [1.29, 1.82) is 0 Å². The lowest BCUT2D eigenvalue weighted by atomic mass is 10.1. The van der Waals surface area contributed by atoms with E-state index in [9.17, 15) is 9.59 Å². The Balaban J connectivity index is 1.27. The molecule has 2 saturated heterocycles. The van der Waals surface area contributed by atoms with Crippen LogP contribution in [0.2, 0.25) is 0 Å². The highest BCUT2D eigenvalue weighted by Gasteiger charge is 2.40. The number of nitrogens with one attached hydrogen (secondary N) is 1. The summed E-state index contributed by atoms with van der Waals surface area (Å²) in [6, 6.07) is 7.86. The number of hydrogen-bond donors (Lipinski definition) is 1. The van der Waals surface area contributed by atoms with Gasteiger partial charge in [0.05, 0.1) is 12.7 Å². The smallest absolute Gasteiger partial charge is 0.243 e. The molecule has 0 bridgehead atoms. The molecule has 1 aliphatic carbocycles. The molecule has 28 heavy (non-hydrogen) atoms. The van der Waals surface area contributed by atoms with Crippen LogP contribution in [-0.4, -0.2) is 48.6 Å². The molecular weight excluding hydrogens is 356 g/mol. The van der Waals surface area contributed by atoms with Crippen molar-refractivity contribution >= 4 is 11.8 Å². The first-order valence-corrected chi connectivity index (χ1v) is 10.6. The van der Waals surface area contributed by atoms with Crippen LogP contribution in [0.5, 0.6) is 0 Å². The number of benzene rings is 1. The van der Waals surface area contributed by atoms with Crippen molar-refractivity contribution in [2.45, 2.75) is 63.8 Å². The third-order valence-corrected chi connectivity index (χ3v) is 5.88. The lowest BCUT2D eigenvalue weighted by molar-refractivity contribution is -0.139. The zero-order chi connectivity index (χ0) is 19.3. The van der Waals surface area contributed by atoms with E-state index < -0.39 is 0 Å². The summed E-state index contributed by atoms with van der Waals surface area (Å²) in [5, 5.41) is 3.03. The Morgan fingerprint density at radius 1 is 1.11 bits per heavy atom. The number of ether oxygens (including phenoxy) is 2. The molecule has 1 N–H and O–H groups in total. The molecule has 2 heterocycles. The fraction of sp³-hybridized carbons (Fsp3) is 0.636. The van der Waals surface area contributed by atoms with Gasteiger partial charge in [0.1, 0.15) is 6.04 Å². The molecule has 2 aliphatic heterocycles. The number of hydrogen-bond acceptors (Lipinski definition) is 4. The average Bonchev–Trinajstić information content (AvgIpc) is 3.47. The molecule has 1 aromatic carbocycles. The van der Waals surface area contributed by atoms with Gasteiger partial charge in [-0.25, -0.2) is 0 Å². The summed E-state index contributed by atoms with van der Waals surface area (Å²) in [4.78, 5) is 26.8. The zero-order valence-electron chi connectivity index (χ0n) is 16.4. The predicted molar refractivity (Wildman–Crippen MR) is 104 cm³/mol. The Morgan fingerprint density at radius 3 is 2.68 bits per heavy atom. The molecular formula is C22H30N2O4. The van der Waals surface area contributed by atoms with E-state index in [-0.39, 0.29) is 29.9 Å². The van der Waals surface area contributed by atoms with E-state index in [2.05, 4.69) is 17.4 Å². The second kappa shape index (κ2) is 9.05. The minimum Gasteiger partial charge on any atom is -0.381 e. The summed E-state index contributed by atoms with van der Waals surface area (Å²) in [7, 11) is 0. The number of carbonyl (C=O) groups excluding carboxylic acids is 2. The van der Waals surface area contributed by atoms with Crippen molar-refractivity contribution in [3.05, 3.63) is 35.4 Å². The molecule has 2 amide bonds. The van der Waals surface area contributed by atoms with Crippen LogP contribution in [0.1, 0.15) is 49.7 Å². The second-order valence-corrected chi connectivity index (χ2v) is 8.12. The van der Waals surface area contributed by atoms with Gasteiger partial charge in [-0.05, 0) is 49.7 Å². The second-order valence-electron chi connectivity index (χ2n) is 8.12. The molecule has 1 saturated carbocycles. The summed E-state index contributed by atoms with van der Waals surface area (Å²) in [5.41, 5.74) is 2.17. The molecule has 1 aromatic rings. The molecule has 3 fully saturated rings. The minimum absolute atomic E-state index is 0.0321. The summed E-state index contributed by atoms with van der Waals surface area (Å²) < 4.78 is 11.3. The monoisotopic (exact) mass is 386 g/mol. The Morgan fingerprint density at radius 2 is 1.89 bits per heavy atom. The van der Waals surface area contributed by atoms with Gasteiger partial charge in [0, 0.05) is 32.2 Å². The van der Waals surface area contributed by atoms with Gasteiger partial charge in [-0.2, -0.15) is 0 Å². The van der Waals surface area contributed by atoms with Crippen LogP contribution in [0.15, 0.2) is 24.3 Å². The van der Waals surface area contributed by atoms with Crippen LogP contribution in [0.3, 0.4) is 0 Å². The van der Waals surface area contributed by atoms with Crippen LogP contribution < -0.4 is 5.32 Å². The van der Waals surface area contributed by atoms with E-state index in [1.807, 2.05) is 12.1 Å². The highest BCUT2D eigenvalue weighted by Crippen LogP contribution is 2.33. The number of amides is 2. The Kier molecular flexibility index (Phi) is 6.27. The first kappa shape index (κ1) is 19.4. The summed E-state index contributed by atoms with van der Waals surface area (Å²) in [5.74, 6) is 0.307. The van der Waals surface area contributed by atoms with Crippen LogP contribution in [-0.2, 0) is 32.2 Å². The molecule has 0 radical (unpaired) electrons. The van der Waals surface area contributed by atoms with E-state index in [0.29, 0.717) is 19.7 Å². The maximum atomic E-state index is 12.7. The summed E-state index contributed by atoms with van der Waals surface area (Å²) >= 11 is 0. The normalized spacial score (nSPS) is 23.0. The van der Waals surface area contributed by atoms with Crippen LogP contribution >= 0.6 is 0 Å². The standard InChI is InChI=1S/C22H30N2O4/c25-21(20-5-2-10-24(20)22(26)18-6-7-18)23-14-16-3-1-4-17(13-16)15-28-19-8-11-27-12-9-19/h1,3-4,13,18-20H,2,5-12,14-15H2,(H,23,25). The number of rotatable bonds is 7. The molecule has 6 heteroatoms. The van der Waals surface area contributed by atoms with Gasteiger partial charge >= 0.3 is 0 Å². The quantitative estimate of drug-likeness (QED) is 0.781. The predicted octanol–water partition coefficient (Wildman–Crippen LogP) is 2.40. The van der Waals surface area contributed by atoms with Gasteiger partial charge in [-0.15, -0.1) is 0 Å². The van der Waals surface area contributed by atoms with Crippen LogP contribution in [0, 0.1) is 5.92 Å². The zero-order valence-corrected chi connectivity index (χ0v) is 16.4. The molecule has 3 aliphatic rings. The summed E-state index contributed by atoms with van der Waals surface area (Å²) in [6.07, 6.45) is 5.81. The highest BCUT2D eigenvalue weighted by molar-refractivity contribution is 5.89. The maximum absolute atomic E-state index is 12.7. The first-order valence-electron chi connectivity index (χ1n) is 10.6. The average molecular weight is 386 g/mol. The van der Waals surface area contributed by atoms with Gasteiger partial charge in [0.2, 0.25) is 11.8 Å². The Bertz CT molecular complexity index is 698. The van der Waals surface area contributed by atoms with Gasteiger partial charge in [0.15, 0.2) is 0 Å². The molecule has 0 aromatic heterocycles. The Hall–Kier alpha value is -1.92. The number of nitrogens with zero attached hydrogens (tertiary/aromatic N) is 1. The van der Waals surface area contributed by atoms with Crippen molar-refractivity contribution in [2.24, 2.45) is 5.92 Å². The van der Waals surface area contributed by atoms with Crippen molar-refractivity contribution in [3.63, 3.8) is 0 Å². The Labute approximate surface area is 166 Å². The summed E-state index contributed by atoms with van der Waals surface area (Å²) in [6.45, 7) is 3.33. The molecule has 152 valence electrons. The SMILES string of the molecule is O=C(NCc1cccc(COC2CCOCC2)c1)C1CCCN1C(=O)C1CC1. The van der Waals surface area contributed by atoms with Gasteiger partial charge in [0.25, 0.3) is 0 Å². The fourth-order valence-electron chi connectivity index (χ4n) is 4.06. The van der Waals surface area contributed by atoms with Gasteiger partial charge < -0.3 is 19.7 Å². The van der Waals surface area contributed by atoms with E-state index in [1.54, 1.807) is 4.90 Å². The van der Waals surface area contributed by atoms with Crippen molar-refractivity contribution in [2.75, 3.05) is 19.8 Å². The lowest BCUT2D eigenvalue weighted by Crippen LogP contribution is -2.46. The molecule has 4 rings (SSSR count). The maximum Gasteiger partial charge on any atom is 0.243 e. The van der Waals surface area contributed by atoms with E-state index in [4.69, 9.17) is 9.47 Å². The van der Waals surface area contributed by atoms with Crippen molar-refractivity contribution in [1.82, 2.24) is 10.2 Å². The minimum atomic E-state index is -0.298. The van der Waals surface area contributed by atoms with Gasteiger partial charge in [-0.1, -0.05) is 24.3 Å². The fourth-order valence-corrected chi connectivity index (χ4v) is 4.06. The van der Waals surface area contributed by atoms with Crippen LogP contribution in [0.25, 0.3) is 0 Å². The lowest BCUT2D eigenvalue weighted by Gasteiger charge is -2.24.